The molecule has 3 atom stereocenters. The van der Waals surface area contributed by atoms with E-state index in [2.05, 4.69) is 6.58 Å². The van der Waals surface area contributed by atoms with E-state index in [0.29, 0.717) is 25.1 Å². The van der Waals surface area contributed by atoms with Crippen LogP contribution < -0.4 is 0 Å². The smallest absolute Gasteiger partial charge is 0.333 e. The Morgan fingerprint density at radius 1 is 1.26 bits per heavy atom. The molecule has 6 nitrogen and oxygen atoms in total. The van der Waals surface area contributed by atoms with Gasteiger partial charge in [-0.25, -0.2) is 4.79 Å². The third-order valence-corrected chi connectivity index (χ3v) is 4.03. The maximum atomic E-state index is 12.9. The van der Waals surface area contributed by atoms with Crippen molar-refractivity contribution in [1.82, 2.24) is 4.90 Å². The molecule has 0 aromatic heterocycles. The van der Waals surface area contributed by atoms with Crippen molar-refractivity contribution < 1.29 is 23.8 Å². The molecular weight excluding hydrogens is 298 g/mol. The zero-order chi connectivity index (χ0) is 17.2. The van der Waals surface area contributed by atoms with Gasteiger partial charge in [-0.1, -0.05) is 20.4 Å². The molecule has 0 saturated carbocycles. The summed E-state index contributed by atoms with van der Waals surface area (Å²) >= 11 is 0. The predicted octanol–water partition coefficient (Wildman–Crippen LogP) is 2.03. The molecule has 2 heterocycles. The zero-order valence-electron chi connectivity index (χ0n) is 14.5. The highest BCUT2D eigenvalue weighted by Crippen LogP contribution is 2.36. The van der Waals surface area contributed by atoms with E-state index in [4.69, 9.17) is 14.2 Å². The summed E-state index contributed by atoms with van der Waals surface area (Å²) in [6, 6.07) is 0. The Hall–Kier alpha value is -1.40. The summed E-state index contributed by atoms with van der Waals surface area (Å²) < 4.78 is 17.0. The van der Waals surface area contributed by atoms with Crippen LogP contribution in [0, 0.1) is 0 Å². The van der Waals surface area contributed by atoms with Gasteiger partial charge in [0.15, 0.2) is 11.9 Å². The van der Waals surface area contributed by atoms with Crippen LogP contribution in [0.3, 0.4) is 0 Å². The van der Waals surface area contributed by atoms with Gasteiger partial charge in [-0.3, -0.25) is 4.79 Å². The molecule has 0 aromatic carbocycles. The number of amides is 1. The van der Waals surface area contributed by atoms with E-state index in [9.17, 15) is 9.59 Å². The lowest BCUT2D eigenvalue weighted by Crippen LogP contribution is -2.48. The van der Waals surface area contributed by atoms with E-state index in [-0.39, 0.29) is 5.91 Å². The fraction of sp³-hybridized carbons (Fsp3) is 0.765. The number of nitrogens with zero attached hydrogens (tertiary/aromatic N) is 1. The van der Waals surface area contributed by atoms with Crippen molar-refractivity contribution in [3.63, 3.8) is 0 Å². The van der Waals surface area contributed by atoms with Crippen LogP contribution in [0.5, 0.6) is 0 Å². The third-order valence-electron chi connectivity index (χ3n) is 4.03. The number of carbonyl (C=O) groups is 2. The molecule has 0 spiro atoms. The van der Waals surface area contributed by atoms with E-state index in [1.807, 2.05) is 13.8 Å². The minimum absolute atomic E-state index is 0.0992. The first-order chi connectivity index (χ1) is 10.8. The standard InChI is InChI=1S/C17H27NO5/c1-6-8-18(9-7-2)15(19)14-13(22-17(4,5)23-14)12-10-11(3)16(20)21-12/h12-14H,3,6-10H2,1-2,4-5H3/t12-,13+,14+/m0/s1. The molecule has 130 valence electrons. The Balaban J connectivity index is 2.17. The maximum absolute atomic E-state index is 12.9. The molecule has 0 bridgehead atoms. The number of hydrogen-bond donors (Lipinski definition) is 0. The summed E-state index contributed by atoms with van der Waals surface area (Å²) in [4.78, 5) is 26.3. The second-order valence-electron chi connectivity index (χ2n) is 6.60. The fourth-order valence-electron chi connectivity index (χ4n) is 3.08. The lowest BCUT2D eigenvalue weighted by molar-refractivity contribution is -0.166. The molecule has 2 aliphatic rings. The van der Waals surface area contributed by atoms with Crippen LogP contribution in [0.2, 0.25) is 0 Å². The molecule has 1 amide bonds. The van der Waals surface area contributed by atoms with Crippen LogP contribution in [0.15, 0.2) is 12.2 Å². The minimum Gasteiger partial charge on any atom is -0.456 e. The molecule has 23 heavy (non-hydrogen) atoms. The van der Waals surface area contributed by atoms with Crippen LogP contribution in [0.25, 0.3) is 0 Å². The molecule has 0 unspecified atom stereocenters. The number of carbonyl (C=O) groups excluding carboxylic acids is 2. The van der Waals surface area contributed by atoms with Gasteiger partial charge in [0.1, 0.15) is 12.2 Å². The first-order valence-electron chi connectivity index (χ1n) is 8.32. The molecule has 0 aromatic rings. The number of cyclic esters (lactones) is 1. The van der Waals surface area contributed by atoms with Gasteiger partial charge in [0, 0.05) is 25.1 Å². The summed E-state index contributed by atoms with van der Waals surface area (Å²) in [5.41, 5.74) is 0.411. The van der Waals surface area contributed by atoms with Gasteiger partial charge in [0.2, 0.25) is 0 Å². The maximum Gasteiger partial charge on any atom is 0.333 e. The number of ether oxygens (including phenoxy) is 3. The van der Waals surface area contributed by atoms with Crippen LogP contribution in [-0.2, 0) is 23.8 Å². The first-order valence-corrected chi connectivity index (χ1v) is 8.32. The van der Waals surface area contributed by atoms with Crippen LogP contribution in [0.4, 0.5) is 0 Å². The van der Waals surface area contributed by atoms with E-state index in [1.165, 1.54) is 0 Å². The van der Waals surface area contributed by atoms with E-state index < -0.39 is 30.1 Å². The summed E-state index contributed by atoms with van der Waals surface area (Å²) in [5.74, 6) is -1.41. The third kappa shape index (κ3) is 3.93. The molecule has 0 radical (unpaired) electrons. The highest BCUT2D eigenvalue weighted by atomic mass is 16.8. The Labute approximate surface area is 137 Å². The highest BCUT2D eigenvalue weighted by Gasteiger charge is 2.52. The van der Waals surface area contributed by atoms with Gasteiger partial charge in [-0.05, 0) is 26.7 Å². The fourth-order valence-corrected chi connectivity index (χ4v) is 3.08. The Morgan fingerprint density at radius 2 is 1.87 bits per heavy atom. The predicted molar refractivity (Wildman–Crippen MR) is 84.6 cm³/mol. The van der Waals surface area contributed by atoms with Gasteiger partial charge in [-0.15, -0.1) is 0 Å². The minimum atomic E-state index is -0.884. The second-order valence-corrected chi connectivity index (χ2v) is 6.60. The monoisotopic (exact) mass is 325 g/mol. The SMILES string of the molecule is C=C1C[C@@H]([C@H]2OC(C)(C)O[C@H]2C(=O)N(CCC)CCC)OC1=O. The van der Waals surface area contributed by atoms with E-state index >= 15 is 0 Å². The largest absolute Gasteiger partial charge is 0.456 e. The summed E-state index contributed by atoms with van der Waals surface area (Å²) in [7, 11) is 0. The Bertz CT molecular complexity index is 465. The van der Waals surface area contributed by atoms with E-state index in [0.717, 1.165) is 12.8 Å². The molecule has 0 aliphatic carbocycles. The molecule has 2 fully saturated rings. The van der Waals surface area contributed by atoms with Gasteiger partial charge < -0.3 is 19.1 Å². The van der Waals surface area contributed by atoms with Crippen molar-refractivity contribution in [2.75, 3.05) is 13.1 Å². The van der Waals surface area contributed by atoms with Crippen molar-refractivity contribution in [3.05, 3.63) is 12.2 Å². The average molecular weight is 325 g/mol. The van der Waals surface area contributed by atoms with Crippen LogP contribution in [-0.4, -0.2) is 54.0 Å². The summed E-state index contributed by atoms with van der Waals surface area (Å²) in [5, 5.41) is 0. The molecule has 6 heteroatoms. The molecular formula is C17H27NO5. The molecule has 2 aliphatic heterocycles. The van der Waals surface area contributed by atoms with E-state index in [1.54, 1.807) is 18.7 Å². The van der Waals surface area contributed by atoms with Gasteiger partial charge in [-0.2, -0.15) is 0 Å². The lowest BCUT2D eigenvalue weighted by atomic mass is 10.0. The van der Waals surface area contributed by atoms with Crippen molar-refractivity contribution in [2.24, 2.45) is 0 Å². The summed E-state index contributed by atoms with van der Waals surface area (Å²) in [6.45, 7) is 12.6. The van der Waals surface area contributed by atoms with Gasteiger partial charge in [0.25, 0.3) is 5.91 Å². The number of esters is 1. The van der Waals surface area contributed by atoms with Crippen molar-refractivity contribution in [1.29, 1.82) is 0 Å². The highest BCUT2D eigenvalue weighted by molar-refractivity contribution is 5.90. The first kappa shape index (κ1) is 17.9. The molecule has 2 saturated heterocycles. The molecule has 0 N–H and O–H groups in total. The normalized spacial score (nSPS) is 29.7. The number of rotatable bonds is 6. The Kier molecular flexibility index (Phi) is 5.47. The van der Waals surface area contributed by atoms with Crippen LogP contribution >= 0.6 is 0 Å². The van der Waals surface area contributed by atoms with Gasteiger partial charge >= 0.3 is 5.97 Å². The lowest BCUT2D eigenvalue weighted by Gasteiger charge is -2.27. The topological polar surface area (TPSA) is 65.1 Å². The quantitative estimate of drug-likeness (QED) is 0.552. The summed E-state index contributed by atoms with van der Waals surface area (Å²) in [6.07, 6.45) is 0.249. The number of hydrogen-bond acceptors (Lipinski definition) is 5. The van der Waals surface area contributed by atoms with Gasteiger partial charge in [0.05, 0.1) is 0 Å². The van der Waals surface area contributed by atoms with Crippen molar-refractivity contribution in [3.8, 4) is 0 Å². The molecule has 2 rings (SSSR count). The zero-order valence-corrected chi connectivity index (χ0v) is 14.5. The van der Waals surface area contributed by atoms with Crippen molar-refractivity contribution >= 4 is 11.9 Å². The Morgan fingerprint density at radius 3 is 2.35 bits per heavy atom. The van der Waals surface area contributed by atoms with Crippen molar-refractivity contribution in [2.45, 2.75) is 71.1 Å². The average Bonchev–Trinajstić information content (AvgIpc) is 2.98. The second kappa shape index (κ2) is 7.01. The van der Waals surface area contributed by atoms with Crippen LogP contribution in [0.1, 0.15) is 47.0 Å².